The fourth-order valence-corrected chi connectivity index (χ4v) is 1.69. The van der Waals surface area contributed by atoms with Crippen molar-refractivity contribution in [3.05, 3.63) is 27.7 Å². The van der Waals surface area contributed by atoms with Crippen LogP contribution in [0.1, 0.15) is 22.8 Å². The van der Waals surface area contributed by atoms with Crippen LogP contribution in [0.4, 0.5) is 0 Å². The monoisotopic (exact) mass is 283 g/mol. The van der Waals surface area contributed by atoms with Gasteiger partial charge in [0.1, 0.15) is 11.8 Å². The van der Waals surface area contributed by atoms with Crippen molar-refractivity contribution in [3.8, 4) is 11.8 Å². The first-order chi connectivity index (χ1) is 7.63. The number of nitrogens with zero attached hydrogens (tertiary/aromatic N) is 1. The van der Waals surface area contributed by atoms with Crippen LogP contribution >= 0.6 is 15.9 Å². The molecule has 0 fully saturated rings. The number of ether oxygens (including phenoxy) is 2. The molecule has 4 nitrogen and oxygen atoms in total. The van der Waals surface area contributed by atoms with E-state index in [1.54, 1.807) is 6.92 Å². The van der Waals surface area contributed by atoms with Crippen LogP contribution in [-0.2, 0) is 4.74 Å². The molecule has 0 aliphatic rings. The number of rotatable bonds is 3. The molecule has 0 bridgehead atoms. The Morgan fingerprint density at radius 1 is 1.56 bits per heavy atom. The molecule has 84 valence electrons. The molecule has 0 saturated carbocycles. The van der Waals surface area contributed by atoms with Gasteiger partial charge in [-0.25, -0.2) is 4.79 Å². The van der Waals surface area contributed by atoms with Gasteiger partial charge in [0, 0.05) is 0 Å². The highest BCUT2D eigenvalue weighted by atomic mass is 79.9. The number of benzene rings is 1. The third kappa shape index (κ3) is 2.52. The second-order valence-electron chi connectivity index (χ2n) is 2.86. The van der Waals surface area contributed by atoms with Gasteiger partial charge in [0.25, 0.3) is 0 Å². The van der Waals surface area contributed by atoms with E-state index in [9.17, 15) is 4.79 Å². The SMILES string of the molecule is CCOC(=O)c1cc(Br)c(OC)cc1C#N. The van der Waals surface area contributed by atoms with Crippen molar-refractivity contribution in [1.29, 1.82) is 5.26 Å². The highest BCUT2D eigenvalue weighted by Crippen LogP contribution is 2.28. The van der Waals surface area contributed by atoms with E-state index < -0.39 is 5.97 Å². The van der Waals surface area contributed by atoms with E-state index in [0.717, 1.165) is 0 Å². The van der Waals surface area contributed by atoms with Gasteiger partial charge in [-0.05, 0) is 35.0 Å². The lowest BCUT2D eigenvalue weighted by atomic mass is 10.1. The van der Waals surface area contributed by atoms with Gasteiger partial charge in [-0.1, -0.05) is 0 Å². The molecule has 0 atom stereocenters. The molecule has 1 rings (SSSR count). The fourth-order valence-electron chi connectivity index (χ4n) is 1.18. The standard InChI is InChI=1S/C11H10BrNO3/c1-3-16-11(14)8-5-9(12)10(15-2)4-7(8)6-13/h4-5H,3H2,1-2H3. The zero-order chi connectivity index (χ0) is 12.1. The lowest BCUT2D eigenvalue weighted by Crippen LogP contribution is -2.07. The maximum Gasteiger partial charge on any atom is 0.339 e. The normalized spacial score (nSPS) is 9.38. The predicted molar refractivity (Wildman–Crippen MR) is 61.4 cm³/mol. The van der Waals surface area contributed by atoms with Crippen LogP contribution in [0.25, 0.3) is 0 Å². The molecule has 5 heteroatoms. The number of nitriles is 1. The Hall–Kier alpha value is -1.54. The van der Waals surface area contributed by atoms with Crippen LogP contribution in [0.15, 0.2) is 16.6 Å². The zero-order valence-corrected chi connectivity index (χ0v) is 10.5. The molecule has 0 aliphatic carbocycles. The molecule has 16 heavy (non-hydrogen) atoms. The lowest BCUT2D eigenvalue weighted by molar-refractivity contribution is 0.0526. The minimum Gasteiger partial charge on any atom is -0.496 e. The molecule has 0 heterocycles. The van der Waals surface area contributed by atoms with Crippen molar-refractivity contribution < 1.29 is 14.3 Å². The number of hydrogen-bond donors (Lipinski definition) is 0. The second-order valence-corrected chi connectivity index (χ2v) is 3.72. The molecular formula is C11H10BrNO3. The summed E-state index contributed by atoms with van der Waals surface area (Å²) in [5, 5.41) is 8.92. The van der Waals surface area contributed by atoms with Crippen LogP contribution in [0.3, 0.4) is 0 Å². The van der Waals surface area contributed by atoms with Crippen molar-refractivity contribution in [2.24, 2.45) is 0 Å². The number of esters is 1. The largest absolute Gasteiger partial charge is 0.496 e. The Bertz CT molecular complexity index is 451. The van der Waals surface area contributed by atoms with Gasteiger partial charge in [-0.3, -0.25) is 0 Å². The zero-order valence-electron chi connectivity index (χ0n) is 8.91. The summed E-state index contributed by atoms with van der Waals surface area (Å²) < 4.78 is 10.5. The average molecular weight is 284 g/mol. The Labute approximate surface area is 102 Å². The highest BCUT2D eigenvalue weighted by molar-refractivity contribution is 9.10. The first-order valence-corrected chi connectivity index (χ1v) is 5.38. The van der Waals surface area contributed by atoms with E-state index in [2.05, 4.69) is 15.9 Å². The average Bonchev–Trinajstić information content (AvgIpc) is 2.29. The molecular weight excluding hydrogens is 274 g/mol. The van der Waals surface area contributed by atoms with E-state index >= 15 is 0 Å². The van der Waals surface area contributed by atoms with Gasteiger partial charge in [0.2, 0.25) is 0 Å². The Morgan fingerprint density at radius 3 is 2.75 bits per heavy atom. The number of halogens is 1. The number of carbonyl (C=O) groups excluding carboxylic acids is 1. The summed E-state index contributed by atoms with van der Waals surface area (Å²) >= 11 is 3.25. The maximum absolute atomic E-state index is 11.5. The molecule has 0 unspecified atom stereocenters. The Morgan fingerprint density at radius 2 is 2.25 bits per heavy atom. The van der Waals surface area contributed by atoms with Crippen molar-refractivity contribution in [2.75, 3.05) is 13.7 Å². The second kappa shape index (κ2) is 5.52. The summed E-state index contributed by atoms with van der Waals surface area (Å²) in [6, 6.07) is 4.95. The highest BCUT2D eigenvalue weighted by Gasteiger charge is 2.15. The quantitative estimate of drug-likeness (QED) is 0.800. The van der Waals surface area contributed by atoms with E-state index in [0.29, 0.717) is 10.2 Å². The van der Waals surface area contributed by atoms with Gasteiger partial charge in [-0.2, -0.15) is 5.26 Å². The first kappa shape index (κ1) is 12.5. The van der Waals surface area contributed by atoms with Crippen LogP contribution in [-0.4, -0.2) is 19.7 Å². The maximum atomic E-state index is 11.5. The molecule has 0 N–H and O–H groups in total. The third-order valence-electron chi connectivity index (χ3n) is 1.91. The summed E-state index contributed by atoms with van der Waals surface area (Å²) in [5.41, 5.74) is 0.468. The van der Waals surface area contributed by atoms with Crippen molar-refractivity contribution in [2.45, 2.75) is 6.92 Å². The lowest BCUT2D eigenvalue weighted by Gasteiger charge is -2.08. The van der Waals surface area contributed by atoms with Gasteiger partial charge in [0.05, 0.1) is 29.3 Å². The third-order valence-corrected chi connectivity index (χ3v) is 2.53. The number of carbonyl (C=O) groups is 1. The smallest absolute Gasteiger partial charge is 0.339 e. The minimum absolute atomic E-state index is 0.233. The molecule has 0 aromatic heterocycles. The van der Waals surface area contributed by atoms with Crippen molar-refractivity contribution >= 4 is 21.9 Å². The number of methoxy groups -OCH3 is 1. The van der Waals surface area contributed by atoms with Gasteiger partial charge >= 0.3 is 5.97 Å². The van der Waals surface area contributed by atoms with E-state index in [-0.39, 0.29) is 17.7 Å². The van der Waals surface area contributed by atoms with Crippen LogP contribution in [0, 0.1) is 11.3 Å². The Kier molecular flexibility index (Phi) is 4.32. The van der Waals surface area contributed by atoms with Crippen LogP contribution < -0.4 is 4.74 Å². The summed E-state index contributed by atoms with van der Waals surface area (Å²) in [7, 11) is 1.49. The molecule has 0 saturated heterocycles. The van der Waals surface area contributed by atoms with Gasteiger partial charge < -0.3 is 9.47 Å². The Balaban J connectivity index is 3.24. The van der Waals surface area contributed by atoms with E-state index in [1.807, 2.05) is 6.07 Å². The summed E-state index contributed by atoms with van der Waals surface area (Å²) in [6.07, 6.45) is 0. The summed E-state index contributed by atoms with van der Waals surface area (Å²) in [4.78, 5) is 11.5. The van der Waals surface area contributed by atoms with E-state index in [1.165, 1.54) is 19.2 Å². The summed E-state index contributed by atoms with van der Waals surface area (Å²) in [6.45, 7) is 1.98. The minimum atomic E-state index is -0.512. The number of hydrogen-bond acceptors (Lipinski definition) is 4. The van der Waals surface area contributed by atoms with Gasteiger partial charge in [0.15, 0.2) is 0 Å². The van der Waals surface area contributed by atoms with Crippen LogP contribution in [0.5, 0.6) is 5.75 Å². The molecule has 0 spiro atoms. The molecule has 0 aliphatic heterocycles. The molecule has 0 amide bonds. The van der Waals surface area contributed by atoms with E-state index in [4.69, 9.17) is 14.7 Å². The molecule has 1 aromatic rings. The molecule has 1 aromatic carbocycles. The van der Waals surface area contributed by atoms with Crippen LogP contribution in [0.2, 0.25) is 0 Å². The first-order valence-electron chi connectivity index (χ1n) is 4.58. The predicted octanol–water partition coefficient (Wildman–Crippen LogP) is 2.51. The molecule has 0 radical (unpaired) electrons. The van der Waals surface area contributed by atoms with Crippen molar-refractivity contribution in [1.82, 2.24) is 0 Å². The van der Waals surface area contributed by atoms with Crippen molar-refractivity contribution in [3.63, 3.8) is 0 Å². The topological polar surface area (TPSA) is 59.3 Å². The summed E-state index contributed by atoms with van der Waals surface area (Å²) in [5.74, 6) is -0.00741. The fraction of sp³-hybridized carbons (Fsp3) is 0.273. The van der Waals surface area contributed by atoms with Gasteiger partial charge in [-0.15, -0.1) is 0 Å².